The van der Waals surface area contributed by atoms with Crippen molar-refractivity contribution >= 4 is 40.2 Å². The number of anilines is 2. The first kappa shape index (κ1) is 25.3. The summed E-state index contributed by atoms with van der Waals surface area (Å²) in [5, 5.41) is 15.5. The fraction of sp³-hybridized carbons (Fsp3) is 0.107. The minimum absolute atomic E-state index is 0.0133. The van der Waals surface area contributed by atoms with E-state index in [0.29, 0.717) is 22.2 Å². The molecular formula is C28H21F3N4O2. The van der Waals surface area contributed by atoms with Gasteiger partial charge < -0.3 is 15.2 Å². The van der Waals surface area contributed by atoms with Gasteiger partial charge in [-0.3, -0.25) is 9.59 Å². The number of hydrogen-bond donors (Lipinski definition) is 2. The maximum absolute atomic E-state index is 13.0. The molecule has 37 heavy (non-hydrogen) atoms. The highest BCUT2D eigenvalue weighted by Crippen LogP contribution is 2.31. The summed E-state index contributed by atoms with van der Waals surface area (Å²) in [5.41, 5.74) is 1.64. The molecule has 4 aromatic rings. The van der Waals surface area contributed by atoms with E-state index in [0.717, 1.165) is 17.7 Å². The number of hydrogen-bond acceptors (Lipinski definition) is 3. The maximum Gasteiger partial charge on any atom is 0.416 e. The predicted octanol–water partition coefficient (Wildman–Crippen LogP) is 6.15. The number of aromatic nitrogens is 1. The Balaban J connectivity index is 1.58. The molecule has 2 N–H and O–H groups in total. The molecule has 1 heterocycles. The van der Waals surface area contributed by atoms with Gasteiger partial charge in [0.2, 0.25) is 5.91 Å². The highest BCUT2D eigenvalue weighted by molar-refractivity contribution is 6.11. The van der Waals surface area contributed by atoms with Gasteiger partial charge >= 0.3 is 6.18 Å². The molecule has 0 saturated carbocycles. The molecule has 0 bridgehead atoms. The number of aryl methyl sites for hydroxylation is 1. The number of benzene rings is 3. The fourth-order valence-electron chi connectivity index (χ4n) is 3.79. The van der Waals surface area contributed by atoms with Crippen LogP contribution in [0.25, 0.3) is 17.0 Å². The van der Waals surface area contributed by atoms with Crippen molar-refractivity contribution in [3.05, 3.63) is 101 Å². The van der Waals surface area contributed by atoms with Crippen LogP contribution >= 0.6 is 0 Å². The largest absolute Gasteiger partial charge is 0.416 e. The third kappa shape index (κ3) is 6.05. The summed E-state index contributed by atoms with van der Waals surface area (Å²) in [5.74, 6) is -1.11. The molecule has 0 atom stereocenters. The van der Waals surface area contributed by atoms with Crippen molar-refractivity contribution in [2.45, 2.75) is 19.6 Å². The second kappa shape index (κ2) is 10.4. The lowest BCUT2D eigenvalue weighted by Crippen LogP contribution is -2.18. The van der Waals surface area contributed by atoms with Crippen LogP contribution in [0.5, 0.6) is 0 Å². The van der Waals surface area contributed by atoms with E-state index < -0.39 is 17.6 Å². The van der Waals surface area contributed by atoms with Crippen molar-refractivity contribution in [3.63, 3.8) is 0 Å². The first-order valence-electron chi connectivity index (χ1n) is 11.2. The first-order valence-corrected chi connectivity index (χ1v) is 11.2. The van der Waals surface area contributed by atoms with E-state index in [1.54, 1.807) is 53.2 Å². The Kier molecular flexibility index (Phi) is 7.11. The topological polar surface area (TPSA) is 86.9 Å². The van der Waals surface area contributed by atoms with Crippen LogP contribution in [0.3, 0.4) is 0 Å². The molecule has 0 aliphatic heterocycles. The summed E-state index contributed by atoms with van der Waals surface area (Å²) >= 11 is 0. The summed E-state index contributed by atoms with van der Waals surface area (Å²) < 4.78 is 40.7. The van der Waals surface area contributed by atoms with Crippen molar-refractivity contribution in [1.29, 1.82) is 5.26 Å². The zero-order chi connectivity index (χ0) is 26.6. The quantitative estimate of drug-likeness (QED) is 0.245. The van der Waals surface area contributed by atoms with Gasteiger partial charge in [0.05, 0.1) is 5.56 Å². The Morgan fingerprint density at radius 3 is 2.41 bits per heavy atom. The highest BCUT2D eigenvalue weighted by atomic mass is 19.4. The zero-order valence-corrected chi connectivity index (χ0v) is 19.6. The number of nitrogens with one attached hydrogen (secondary N) is 2. The van der Waals surface area contributed by atoms with Gasteiger partial charge in [0.25, 0.3) is 5.91 Å². The van der Waals surface area contributed by atoms with E-state index in [9.17, 15) is 28.0 Å². The third-order valence-corrected chi connectivity index (χ3v) is 5.58. The molecule has 186 valence electrons. The summed E-state index contributed by atoms with van der Waals surface area (Å²) in [6.07, 6.45) is -1.57. The average Bonchev–Trinajstić information content (AvgIpc) is 3.20. The Morgan fingerprint density at radius 2 is 1.70 bits per heavy atom. The lowest BCUT2D eigenvalue weighted by molar-refractivity contribution is -0.137. The van der Waals surface area contributed by atoms with Gasteiger partial charge in [-0.15, -0.1) is 0 Å². The van der Waals surface area contributed by atoms with Gasteiger partial charge in [-0.05, 0) is 49.4 Å². The smallest absolute Gasteiger partial charge is 0.337 e. The monoisotopic (exact) mass is 502 g/mol. The summed E-state index contributed by atoms with van der Waals surface area (Å²) in [4.78, 5) is 25.4. The Hall–Kier alpha value is -4.84. The highest BCUT2D eigenvalue weighted by Gasteiger charge is 2.30. The van der Waals surface area contributed by atoms with Gasteiger partial charge in [-0.2, -0.15) is 18.4 Å². The predicted molar refractivity (Wildman–Crippen MR) is 135 cm³/mol. The molecule has 0 fully saturated rings. The molecule has 0 saturated heterocycles. The number of halogens is 3. The van der Waals surface area contributed by atoms with Crippen LogP contribution in [0, 0.1) is 18.3 Å². The minimum Gasteiger partial charge on any atom is -0.337 e. The van der Waals surface area contributed by atoms with E-state index in [-0.39, 0.29) is 23.7 Å². The fourth-order valence-corrected chi connectivity index (χ4v) is 3.79. The van der Waals surface area contributed by atoms with Gasteiger partial charge in [0, 0.05) is 34.0 Å². The maximum atomic E-state index is 13.0. The molecular weight excluding hydrogens is 481 g/mol. The molecule has 2 amide bonds. The number of rotatable bonds is 6. The Labute approximate surface area is 210 Å². The summed E-state index contributed by atoms with van der Waals surface area (Å²) in [6, 6.07) is 20.5. The molecule has 0 aliphatic carbocycles. The van der Waals surface area contributed by atoms with Gasteiger partial charge in [0.1, 0.15) is 18.2 Å². The number of para-hydroxylation sites is 1. The van der Waals surface area contributed by atoms with Crippen molar-refractivity contribution in [2.24, 2.45) is 0 Å². The van der Waals surface area contributed by atoms with Crippen molar-refractivity contribution in [2.75, 3.05) is 10.6 Å². The van der Waals surface area contributed by atoms with Gasteiger partial charge in [-0.1, -0.05) is 42.0 Å². The molecule has 0 spiro atoms. The average molecular weight is 502 g/mol. The standard InChI is InChI=1S/C28H21F3N4O2/c1-18-9-11-22(12-10-18)33-26(36)17-35-16-20(24-7-2-3-8-25(24)35)13-19(15-32)27(37)34-23-6-4-5-21(14-23)28(29,30)31/h2-14,16H,17H2,1H3,(H,33,36)(H,34,37)/b19-13-. The molecule has 3 aromatic carbocycles. The minimum atomic E-state index is -4.57. The van der Waals surface area contributed by atoms with Crippen molar-refractivity contribution in [1.82, 2.24) is 4.57 Å². The van der Waals surface area contributed by atoms with E-state index in [1.165, 1.54) is 18.2 Å². The normalized spacial score (nSPS) is 11.7. The van der Waals surface area contributed by atoms with Gasteiger partial charge in [0.15, 0.2) is 0 Å². The third-order valence-electron chi connectivity index (χ3n) is 5.58. The zero-order valence-electron chi connectivity index (χ0n) is 19.6. The number of carbonyl (C=O) groups is 2. The van der Waals surface area contributed by atoms with E-state index >= 15 is 0 Å². The van der Waals surface area contributed by atoms with E-state index in [1.807, 2.05) is 19.1 Å². The Bertz CT molecular complexity index is 1540. The van der Waals surface area contributed by atoms with Crippen molar-refractivity contribution < 1.29 is 22.8 Å². The lowest BCUT2D eigenvalue weighted by atomic mass is 10.1. The van der Waals surface area contributed by atoms with Crippen LogP contribution in [-0.4, -0.2) is 16.4 Å². The van der Waals surface area contributed by atoms with Crippen LogP contribution < -0.4 is 10.6 Å². The van der Waals surface area contributed by atoms with Gasteiger partial charge in [-0.25, -0.2) is 0 Å². The van der Waals surface area contributed by atoms with Crippen LogP contribution in [-0.2, 0) is 22.3 Å². The Morgan fingerprint density at radius 1 is 0.973 bits per heavy atom. The molecule has 0 unspecified atom stereocenters. The number of nitrogens with zero attached hydrogens (tertiary/aromatic N) is 2. The van der Waals surface area contributed by atoms with Crippen LogP contribution in [0.2, 0.25) is 0 Å². The number of alkyl halides is 3. The second-order valence-electron chi connectivity index (χ2n) is 8.35. The van der Waals surface area contributed by atoms with Crippen LogP contribution in [0.1, 0.15) is 16.7 Å². The number of fused-ring (bicyclic) bond motifs is 1. The first-order chi connectivity index (χ1) is 17.6. The van der Waals surface area contributed by atoms with E-state index in [4.69, 9.17) is 0 Å². The van der Waals surface area contributed by atoms with E-state index in [2.05, 4.69) is 10.6 Å². The second-order valence-corrected chi connectivity index (χ2v) is 8.35. The molecule has 9 heteroatoms. The summed E-state index contributed by atoms with van der Waals surface area (Å²) in [7, 11) is 0. The van der Waals surface area contributed by atoms with Crippen LogP contribution in [0.4, 0.5) is 24.5 Å². The van der Waals surface area contributed by atoms with Crippen LogP contribution in [0.15, 0.2) is 84.6 Å². The van der Waals surface area contributed by atoms with Crippen molar-refractivity contribution in [3.8, 4) is 6.07 Å². The number of amides is 2. The summed E-state index contributed by atoms with van der Waals surface area (Å²) in [6.45, 7) is 1.93. The molecule has 6 nitrogen and oxygen atoms in total. The SMILES string of the molecule is Cc1ccc(NC(=O)Cn2cc(/C=C(/C#N)C(=O)Nc3cccc(C(F)(F)F)c3)c3ccccc32)cc1. The molecule has 4 rings (SSSR count). The molecule has 0 radical (unpaired) electrons. The lowest BCUT2D eigenvalue weighted by Gasteiger charge is -2.09. The number of carbonyl (C=O) groups excluding carboxylic acids is 2. The number of nitriles is 1. The molecule has 0 aliphatic rings. The molecule has 1 aromatic heterocycles.